The SMILES string of the molecule is COc1ccc(S(=O)(=O)Nc2cnn(Cc3cccnc3)c2)c(C)c1. The largest absolute Gasteiger partial charge is 0.497 e. The summed E-state index contributed by atoms with van der Waals surface area (Å²) in [5.74, 6) is 0.612. The van der Waals surface area contributed by atoms with E-state index in [1.165, 1.54) is 19.4 Å². The molecule has 0 amide bonds. The van der Waals surface area contributed by atoms with Crippen LogP contribution in [0.15, 0.2) is 60.0 Å². The molecule has 2 aromatic heterocycles. The summed E-state index contributed by atoms with van der Waals surface area (Å²) >= 11 is 0. The molecular weight excluding hydrogens is 340 g/mol. The highest BCUT2D eigenvalue weighted by Gasteiger charge is 2.18. The first kappa shape index (κ1) is 17.0. The monoisotopic (exact) mass is 358 g/mol. The van der Waals surface area contributed by atoms with Crippen molar-refractivity contribution in [2.24, 2.45) is 0 Å². The van der Waals surface area contributed by atoms with Crippen LogP contribution in [-0.4, -0.2) is 30.3 Å². The van der Waals surface area contributed by atoms with Gasteiger partial charge in [0, 0.05) is 18.6 Å². The second kappa shape index (κ2) is 6.94. The molecule has 25 heavy (non-hydrogen) atoms. The molecule has 2 heterocycles. The van der Waals surface area contributed by atoms with E-state index in [1.807, 2.05) is 12.1 Å². The van der Waals surface area contributed by atoms with Gasteiger partial charge in [-0.1, -0.05) is 6.07 Å². The van der Waals surface area contributed by atoms with Gasteiger partial charge >= 0.3 is 0 Å². The number of ether oxygens (including phenoxy) is 1. The van der Waals surface area contributed by atoms with Crippen LogP contribution < -0.4 is 9.46 Å². The van der Waals surface area contributed by atoms with Crippen LogP contribution in [0, 0.1) is 6.92 Å². The molecule has 0 fully saturated rings. The lowest BCUT2D eigenvalue weighted by atomic mass is 10.2. The number of methoxy groups -OCH3 is 1. The minimum atomic E-state index is -3.70. The highest BCUT2D eigenvalue weighted by Crippen LogP contribution is 2.23. The van der Waals surface area contributed by atoms with Gasteiger partial charge in [-0.15, -0.1) is 0 Å². The van der Waals surface area contributed by atoms with Gasteiger partial charge in [0.2, 0.25) is 0 Å². The quantitative estimate of drug-likeness (QED) is 0.731. The molecule has 0 radical (unpaired) electrons. The third-order valence-corrected chi connectivity index (χ3v) is 5.17. The third kappa shape index (κ3) is 3.97. The first-order valence-electron chi connectivity index (χ1n) is 7.57. The lowest BCUT2D eigenvalue weighted by Crippen LogP contribution is -2.14. The molecule has 1 N–H and O–H groups in total. The predicted octanol–water partition coefficient (Wildman–Crippen LogP) is 2.44. The van der Waals surface area contributed by atoms with Gasteiger partial charge in [0.05, 0.1) is 30.4 Å². The number of nitrogens with zero attached hydrogens (tertiary/aromatic N) is 3. The smallest absolute Gasteiger partial charge is 0.262 e. The average Bonchev–Trinajstić information content (AvgIpc) is 3.01. The molecule has 0 aliphatic carbocycles. The van der Waals surface area contributed by atoms with Crippen molar-refractivity contribution in [1.29, 1.82) is 0 Å². The Balaban J connectivity index is 1.78. The zero-order chi connectivity index (χ0) is 17.9. The van der Waals surface area contributed by atoms with Crippen LogP contribution in [0.3, 0.4) is 0 Å². The van der Waals surface area contributed by atoms with Crippen molar-refractivity contribution in [2.75, 3.05) is 11.8 Å². The molecule has 0 bridgehead atoms. The number of rotatable bonds is 6. The summed E-state index contributed by atoms with van der Waals surface area (Å²) < 4.78 is 34.5. The second-order valence-corrected chi connectivity index (χ2v) is 7.18. The molecule has 3 rings (SSSR count). The average molecular weight is 358 g/mol. The molecule has 0 saturated heterocycles. The van der Waals surface area contributed by atoms with Crippen LogP contribution in [0.4, 0.5) is 5.69 Å². The number of benzene rings is 1. The Morgan fingerprint density at radius 1 is 1.24 bits per heavy atom. The van der Waals surface area contributed by atoms with Gasteiger partial charge in [-0.25, -0.2) is 8.42 Å². The minimum absolute atomic E-state index is 0.202. The topological polar surface area (TPSA) is 86.1 Å². The fourth-order valence-electron chi connectivity index (χ4n) is 2.44. The van der Waals surface area contributed by atoms with E-state index < -0.39 is 10.0 Å². The van der Waals surface area contributed by atoms with Crippen molar-refractivity contribution in [3.63, 3.8) is 0 Å². The summed E-state index contributed by atoms with van der Waals surface area (Å²) in [5, 5.41) is 4.18. The molecular formula is C17H18N4O3S. The van der Waals surface area contributed by atoms with E-state index >= 15 is 0 Å². The lowest BCUT2D eigenvalue weighted by molar-refractivity contribution is 0.414. The van der Waals surface area contributed by atoms with Gasteiger partial charge < -0.3 is 4.74 Å². The summed E-state index contributed by atoms with van der Waals surface area (Å²) in [7, 11) is -2.16. The first-order valence-corrected chi connectivity index (χ1v) is 9.05. The van der Waals surface area contributed by atoms with Crippen molar-refractivity contribution >= 4 is 15.7 Å². The fourth-order valence-corrected chi connectivity index (χ4v) is 3.70. The Morgan fingerprint density at radius 3 is 2.76 bits per heavy atom. The van der Waals surface area contributed by atoms with Crippen LogP contribution in [-0.2, 0) is 16.6 Å². The van der Waals surface area contributed by atoms with E-state index in [2.05, 4.69) is 14.8 Å². The Morgan fingerprint density at radius 2 is 2.08 bits per heavy atom. The van der Waals surface area contributed by atoms with E-state index in [9.17, 15) is 8.42 Å². The van der Waals surface area contributed by atoms with Crippen molar-refractivity contribution in [3.8, 4) is 5.75 Å². The number of sulfonamides is 1. The molecule has 0 aliphatic rings. The van der Waals surface area contributed by atoms with Crippen LogP contribution in [0.1, 0.15) is 11.1 Å². The van der Waals surface area contributed by atoms with E-state index in [1.54, 1.807) is 42.3 Å². The van der Waals surface area contributed by atoms with E-state index in [4.69, 9.17) is 4.74 Å². The lowest BCUT2D eigenvalue weighted by Gasteiger charge is -2.10. The molecule has 3 aromatic rings. The van der Waals surface area contributed by atoms with Crippen molar-refractivity contribution < 1.29 is 13.2 Å². The van der Waals surface area contributed by atoms with Gasteiger partial charge in [0.1, 0.15) is 5.75 Å². The standard InChI is InChI=1S/C17H18N4O3S/c1-13-8-16(24-2)5-6-17(13)25(22,23)20-15-10-19-21(12-15)11-14-4-3-7-18-9-14/h3-10,12,20H,11H2,1-2H3. The fraction of sp³-hybridized carbons (Fsp3) is 0.176. The van der Waals surface area contributed by atoms with Crippen LogP contribution in [0.5, 0.6) is 5.75 Å². The predicted molar refractivity (Wildman–Crippen MR) is 94.1 cm³/mol. The number of aryl methyl sites for hydroxylation is 1. The van der Waals surface area contributed by atoms with Gasteiger partial charge in [0.15, 0.2) is 0 Å². The number of pyridine rings is 1. The zero-order valence-corrected chi connectivity index (χ0v) is 14.7. The van der Waals surface area contributed by atoms with Crippen molar-refractivity contribution in [1.82, 2.24) is 14.8 Å². The summed E-state index contributed by atoms with van der Waals surface area (Å²) in [4.78, 5) is 4.25. The Labute approximate surface area is 146 Å². The molecule has 0 spiro atoms. The number of hydrogen-bond acceptors (Lipinski definition) is 5. The maximum atomic E-state index is 12.6. The number of aromatic nitrogens is 3. The Bertz CT molecular complexity index is 969. The number of anilines is 1. The highest BCUT2D eigenvalue weighted by atomic mass is 32.2. The normalized spacial score (nSPS) is 11.3. The van der Waals surface area contributed by atoms with Crippen LogP contribution in [0.2, 0.25) is 0 Å². The second-order valence-electron chi connectivity index (χ2n) is 5.52. The number of nitrogens with one attached hydrogen (secondary N) is 1. The molecule has 0 saturated carbocycles. The summed E-state index contributed by atoms with van der Waals surface area (Å²) in [6, 6.07) is 8.60. The third-order valence-electron chi connectivity index (χ3n) is 3.62. The Kier molecular flexibility index (Phi) is 4.71. The van der Waals surface area contributed by atoms with Gasteiger partial charge in [-0.05, 0) is 42.3 Å². The van der Waals surface area contributed by atoms with Crippen LogP contribution >= 0.6 is 0 Å². The van der Waals surface area contributed by atoms with E-state index in [0.29, 0.717) is 23.5 Å². The summed E-state index contributed by atoms with van der Waals surface area (Å²) in [6.07, 6.45) is 6.56. The van der Waals surface area contributed by atoms with Crippen LogP contribution in [0.25, 0.3) is 0 Å². The summed E-state index contributed by atoms with van der Waals surface area (Å²) in [6.45, 7) is 2.24. The zero-order valence-electron chi connectivity index (χ0n) is 13.9. The maximum absolute atomic E-state index is 12.6. The first-order chi connectivity index (χ1) is 12.0. The molecule has 130 valence electrons. The molecule has 1 aromatic carbocycles. The van der Waals surface area contributed by atoms with Crippen molar-refractivity contribution in [2.45, 2.75) is 18.4 Å². The van der Waals surface area contributed by atoms with Gasteiger partial charge in [-0.3, -0.25) is 14.4 Å². The highest BCUT2D eigenvalue weighted by molar-refractivity contribution is 7.92. The molecule has 7 nitrogen and oxygen atoms in total. The molecule has 0 aliphatic heterocycles. The maximum Gasteiger partial charge on any atom is 0.262 e. The molecule has 0 atom stereocenters. The van der Waals surface area contributed by atoms with Gasteiger partial charge in [-0.2, -0.15) is 5.10 Å². The molecule has 8 heteroatoms. The van der Waals surface area contributed by atoms with Gasteiger partial charge in [0.25, 0.3) is 10.0 Å². The van der Waals surface area contributed by atoms with E-state index in [0.717, 1.165) is 5.56 Å². The Hall–Kier alpha value is -2.87. The number of hydrogen-bond donors (Lipinski definition) is 1. The summed E-state index contributed by atoms with van der Waals surface area (Å²) in [5.41, 5.74) is 1.99. The minimum Gasteiger partial charge on any atom is -0.497 e. The van der Waals surface area contributed by atoms with E-state index in [-0.39, 0.29) is 4.90 Å². The molecule has 0 unspecified atom stereocenters. The van der Waals surface area contributed by atoms with Crippen molar-refractivity contribution in [3.05, 3.63) is 66.2 Å².